The highest BCUT2D eigenvalue weighted by Gasteiger charge is 2.35. The number of carbonyl (C=O) groups excluding carboxylic acids is 2. The largest absolute Gasteiger partial charge is 0.419 e. The minimum absolute atomic E-state index is 0.229. The highest BCUT2D eigenvalue weighted by atomic mass is 19.4. The van der Waals surface area contributed by atoms with Crippen molar-refractivity contribution < 1.29 is 22.8 Å². The van der Waals surface area contributed by atoms with E-state index in [-0.39, 0.29) is 17.3 Å². The quantitative estimate of drug-likeness (QED) is 0.571. The number of aromatic nitrogens is 3. The topological polar surface area (TPSA) is 118 Å². The number of hydrogen-bond acceptors (Lipinski definition) is 5. The molecule has 12 heteroatoms. The van der Waals surface area contributed by atoms with Crippen LogP contribution >= 0.6 is 0 Å². The van der Waals surface area contributed by atoms with Gasteiger partial charge in [0.15, 0.2) is 5.82 Å². The van der Waals surface area contributed by atoms with E-state index in [9.17, 15) is 22.8 Å². The molecule has 0 spiro atoms. The number of carbonyl (C=O) groups is 2. The van der Waals surface area contributed by atoms with Gasteiger partial charge in [0.05, 0.1) is 11.8 Å². The predicted octanol–water partition coefficient (Wildman–Crippen LogP) is 2.74. The lowest BCUT2D eigenvalue weighted by atomic mass is 10.1. The van der Waals surface area contributed by atoms with Crippen molar-refractivity contribution in [3.63, 3.8) is 0 Å². The van der Waals surface area contributed by atoms with Crippen LogP contribution in [-0.2, 0) is 11.0 Å². The highest BCUT2D eigenvalue weighted by Crippen LogP contribution is 2.35. The maximum absolute atomic E-state index is 13.1. The molecule has 4 N–H and O–H groups in total. The number of nitrogens with one attached hydrogen (secondary N) is 2. The number of nitrogen functional groups attached to an aromatic ring is 1. The van der Waals surface area contributed by atoms with Crippen molar-refractivity contribution in [2.45, 2.75) is 25.1 Å². The molecule has 1 unspecified atom stereocenters. The second-order valence-corrected chi connectivity index (χ2v) is 7.36. The molecule has 1 fully saturated rings. The zero-order valence-corrected chi connectivity index (χ0v) is 17.0. The Hall–Kier alpha value is -3.83. The highest BCUT2D eigenvalue weighted by molar-refractivity contribution is 5.93. The summed E-state index contributed by atoms with van der Waals surface area (Å²) in [5.41, 5.74) is 5.53. The Balaban J connectivity index is 1.58. The van der Waals surface area contributed by atoms with Gasteiger partial charge in [-0.3, -0.25) is 10.1 Å². The minimum Gasteiger partial charge on any atom is -0.383 e. The molecule has 4 heterocycles. The second kappa shape index (κ2) is 8.02. The number of halogens is 3. The zero-order chi connectivity index (χ0) is 23.0. The maximum Gasteiger partial charge on any atom is 0.419 e. The number of alkyl halides is 3. The molecule has 0 radical (unpaired) electrons. The van der Waals surface area contributed by atoms with Gasteiger partial charge >= 0.3 is 12.2 Å². The fraction of sp³-hybridized carbons (Fsp3) is 0.300. The van der Waals surface area contributed by atoms with Crippen molar-refractivity contribution >= 4 is 29.2 Å². The number of nitrogens with zero attached hydrogens (tertiary/aromatic N) is 4. The molecular formula is C20H20F3N7O2. The molecule has 1 atom stereocenters. The molecule has 3 aromatic heterocycles. The molecule has 168 valence electrons. The number of nitrogens with two attached hydrogens (primary N) is 1. The second-order valence-electron chi connectivity index (χ2n) is 7.36. The number of likely N-dealkylation sites (N-methyl/N-ethyl adjacent to an activating group) is 1. The normalized spacial score (nSPS) is 16.4. The number of amides is 3. The van der Waals surface area contributed by atoms with Crippen LogP contribution in [0.1, 0.15) is 18.4 Å². The van der Waals surface area contributed by atoms with E-state index in [0.717, 1.165) is 12.5 Å². The number of rotatable bonds is 3. The first-order valence-corrected chi connectivity index (χ1v) is 9.78. The number of urea groups is 1. The predicted molar refractivity (Wildman–Crippen MR) is 111 cm³/mol. The Morgan fingerprint density at radius 2 is 2.00 bits per heavy atom. The van der Waals surface area contributed by atoms with Gasteiger partial charge in [0.1, 0.15) is 17.5 Å². The van der Waals surface area contributed by atoms with Crippen LogP contribution in [0.2, 0.25) is 0 Å². The third-order valence-corrected chi connectivity index (χ3v) is 5.31. The smallest absolute Gasteiger partial charge is 0.383 e. The van der Waals surface area contributed by atoms with Crippen LogP contribution in [0.25, 0.3) is 16.8 Å². The summed E-state index contributed by atoms with van der Waals surface area (Å²) in [7, 11) is 1.52. The van der Waals surface area contributed by atoms with E-state index in [4.69, 9.17) is 5.73 Å². The van der Waals surface area contributed by atoms with Crippen molar-refractivity contribution in [1.29, 1.82) is 0 Å². The van der Waals surface area contributed by atoms with Gasteiger partial charge in [-0.15, -0.1) is 0 Å². The summed E-state index contributed by atoms with van der Waals surface area (Å²) in [6, 6.07) is 3.16. The van der Waals surface area contributed by atoms with Gasteiger partial charge in [-0.2, -0.15) is 13.2 Å². The van der Waals surface area contributed by atoms with E-state index in [0.29, 0.717) is 24.2 Å². The molecule has 0 aliphatic carbocycles. The van der Waals surface area contributed by atoms with Crippen LogP contribution in [0.15, 0.2) is 36.8 Å². The van der Waals surface area contributed by atoms with Gasteiger partial charge in [-0.05, 0) is 31.0 Å². The summed E-state index contributed by atoms with van der Waals surface area (Å²) in [6.45, 7) is 0.452. The maximum atomic E-state index is 13.1. The number of imidazole rings is 1. The lowest BCUT2D eigenvalue weighted by Crippen LogP contribution is -2.46. The van der Waals surface area contributed by atoms with Crippen LogP contribution in [0.5, 0.6) is 0 Å². The molecule has 0 bridgehead atoms. The van der Waals surface area contributed by atoms with Crippen molar-refractivity contribution in [2.75, 3.05) is 24.6 Å². The number of hydrogen-bond donors (Lipinski definition) is 3. The first-order chi connectivity index (χ1) is 15.2. The molecule has 1 saturated heterocycles. The Bertz CT molecular complexity index is 1190. The number of fused-ring (bicyclic) bond motifs is 1. The molecule has 32 heavy (non-hydrogen) atoms. The lowest BCUT2D eigenvalue weighted by Gasteiger charge is -2.22. The average Bonchev–Trinajstić information content (AvgIpc) is 3.38. The zero-order valence-electron chi connectivity index (χ0n) is 17.0. The van der Waals surface area contributed by atoms with Crippen LogP contribution in [0.3, 0.4) is 0 Å². The van der Waals surface area contributed by atoms with Crippen LogP contribution in [0.4, 0.5) is 29.6 Å². The van der Waals surface area contributed by atoms with Crippen LogP contribution < -0.4 is 16.4 Å². The summed E-state index contributed by atoms with van der Waals surface area (Å²) >= 11 is 0. The van der Waals surface area contributed by atoms with Gasteiger partial charge in [0.2, 0.25) is 5.91 Å². The van der Waals surface area contributed by atoms with Gasteiger partial charge in [-0.25, -0.2) is 14.8 Å². The van der Waals surface area contributed by atoms with Crippen LogP contribution in [0, 0.1) is 0 Å². The van der Waals surface area contributed by atoms with Crippen molar-refractivity contribution in [3.05, 3.63) is 42.4 Å². The van der Waals surface area contributed by atoms with Crippen molar-refractivity contribution in [2.24, 2.45) is 0 Å². The molecule has 3 amide bonds. The minimum atomic E-state index is -4.62. The molecule has 3 aromatic rings. The first kappa shape index (κ1) is 21.4. The molecule has 9 nitrogen and oxygen atoms in total. The Kier molecular flexibility index (Phi) is 5.36. The first-order valence-electron chi connectivity index (χ1n) is 9.78. The molecule has 4 rings (SSSR count). The van der Waals surface area contributed by atoms with E-state index in [1.54, 1.807) is 22.7 Å². The Morgan fingerprint density at radius 3 is 2.72 bits per heavy atom. The molecule has 0 saturated carbocycles. The van der Waals surface area contributed by atoms with E-state index in [1.165, 1.54) is 24.3 Å². The van der Waals surface area contributed by atoms with E-state index in [2.05, 4.69) is 20.6 Å². The van der Waals surface area contributed by atoms with E-state index in [1.807, 2.05) is 0 Å². The van der Waals surface area contributed by atoms with Gasteiger partial charge in [0, 0.05) is 37.1 Å². The standard InChI is InChI=1S/C20H20F3N7O2/c1-25-18(31)14-3-2-6-30(14)19(32)28-15-10-29-9-11(4-5-16(29)27-15)12-7-13(20(21,22)23)17(24)26-8-12/h4-5,7-10,14H,2-3,6H2,1H3,(H2,24,26)(H,25,31)(H,28,32). The summed E-state index contributed by atoms with van der Waals surface area (Å²) in [5, 5.41) is 5.23. The molecular weight excluding hydrogens is 427 g/mol. The molecule has 1 aliphatic rings. The fourth-order valence-electron chi connectivity index (χ4n) is 3.71. The summed E-state index contributed by atoms with van der Waals surface area (Å²) in [6.07, 6.45) is 1.06. The number of anilines is 2. The third-order valence-electron chi connectivity index (χ3n) is 5.31. The number of pyridine rings is 2. The Morgan fingerprint density at radius 1 is 1.22 bits per heavy atom. The van der Waals surface area contributed by atoms with Gasteiger partial charge in [0.25, 0.3) is 0 Å². The van der Waals surface area contributed by atoms with Crippen molar-refractivity contribution in [3.8, 4) is 11.1 Å². The van der Waals surface area contributed by atoms with Crippen molar-refractivity contribution in [1.82, 2.24) is 24.6 Å². The monoisotopic (exact) mass is 447 g/mol. The SMILES string of the molecule is CNC(=O)C1CCCN1C(=O)Nc1cn2cc(-c3cnc(N)c(C(F)(F)F)c3)ccc2n1. The average molecular weight is 447 g/mol. The molecule has 1 aliphatic heterocycles. The van der Waals surface area contributed by atoms with Gasteiger partial charge < -0.3 is 20.4 Å². The summed E-state index contributed by atoms with van der Waals surface area (Å²) < 4.78 is 41.0. The van der Waals surface area contributed by atoms with E-state index >= 15 is 0 Å². The fourth-order valence-corrected chi connectivity index (χ4v) is 3.71. The lowest BCUT2D eigenvalue weighted by molar-refractivity contribution is -0.137. The van der Waals surface area contributed by atoms with Crippen LogP contribution in [-0.4, -0.2) is 50.8 Å². The summed E-state index contributed by atoms with van der Waals surface area (Å²) in [4.78, 5) is 34.0. The number of likely N-dealkylation sites (tertiary alicyclic amines) is 1. The third kappa shape index (κ3) is 4.03. The molecule has 0 aromatic carbocycles. The van der Waals surface area contributed by atoms with E-state index < -0.39 is 29.6 Å². The van der Waals surface area contributed by atoms with Gasteiger partial charge in [-0.1, -0.05) is 0 Å². The Labute approximate surface area is 180 Å². The summed E-state index contributed by atoms with van der Waals surface area (Å²) in [5.74, 6) is -0.569.